The summed E-state index contributed by atoms with van der Waals surface area (Å²) in [6.45, 7) is 3.67. The molecule has 0 aromatic heterocycles. The van der Waals surface area contributed by atoms with E-state index in [9.17, 15) is 4.79 Å². The number of nitrogens with two attached hydrogens (primary N) is 1. The van der Waals surface area contributed by atoms with Gasteiger partial charge in [-0.15, -0.1) is 12.4 Å². The highest BCUT2D eigenvalue weighted by Gasteiger charge is 2.12. The normalized spacial score (nSPS) is 11.3. The highest BCUT2D eigenvalue weighted by Crippen LogP contribution is 2.24. The smallest absolute Gasteiger partial charge is 0.239 e. The van der Waals surface area contributed by atoms with Crippen LogP contribution in [0, 0.1) is 0 Å². The van der Waals surface area contributed by atoms with Crippen LogP contribution in [-0.2, 0) is 16.1 Å². The van der Waals surface area contributed by atoms with Crippen molar-refractivity contribution in [2.75, 3.05) is 25.2 Å². The molecule has 0 radical (unpaired) electrons. The maximum atomic E-state index is 11.8. The SMILES string of the molecule is CCN(c1ccccc1)c1ccc(CNC(=O)C(N)COC)cc1.Cl. The number of anilines is 2. The van der Waals surface area contributed by atoms with Gasteiger partial charge in [-0.3, -0.25) is 4.79 Å². The third-order valence-corrected chi connectivity index (χ3v) is 3.78. The Balaban J connectivity index is 0.00000312. The zero-order valence-electron chi connectivity index (χ0n) is 14.6. The van der Waals surface area contributed by atoms with Gasteiger partial charge in [0.25, 0.3) is 0 Å². The number of rotatable bonds is 8. The van der Waals surface area contributed by atoms with Gasteiger partial charge in [0.2, 0.25) is 5.91 Å². The van der Waals surface area contributed by atoms with E-state index >= 15 is 0 Å². The summed E-state index contributed by atoms with van der Waals surface area (Å²) in [5.41, 5.74) is 9.00. The summed E-state index contributed by atoms with van der Waals surface area (Å²) in [5.74, 6) is -0.208. The summed E-state index contributed by atoms with van der Waals surface area (Å²) in [4.78, 5) is 14.0. The van der Waals surface area contributed by atoms with E-state index in [1.807, 2.05) is 30.3 Å². The fourth-order valence-electron chi connectivity index (χ4n) is 2.49. The average Bonchev–Trinajstić information content (AvgIpc) is 2.62. The topological polar surface area (TPSA) is 67.6 Å². The van der Waals surface area contributed by atoms with E-state index in [1.54, 1.807) is 0 Å². The number of carbonyl (C=O) groups is 1. The number of hydrogen-bond donors (Lipinski definition) is 2. The van der Waals surface area contributed by atoms with Crippen molar-refractivity contribution in [1.82, 2.24) is 5.32 Å². The largest absolute Gasteiger partial charge is 0.383 e. The zero-order chi connectivity index (χ0) is 17.4. The molecule has 25 heavy (non-hydrogen) atoms. The van der Waals surface area contributed by atoms with E-state index in [0.29, 0.717) is 6.54 Å². The summed E-state index contributed by atoms with van der Waals surface area (Å²) in [6, 6.07) is 17.8. The summed E-state index contributed by atoms with van der Waals surface area (Å²) in [6.07, 6.45) is 0. The van der Waals surface area contributed by atoms with Crippen LogP contribution in [0.4, 0.5) is 11.4 Å². The van der Waals surface area contributed by atoms with E-state index in [2.05, 4.69) is 41.4 Å². The van der Waals surface area contributed by atoms with E-state index in [1.165, 1.54) is 7.11 Å². The molecule has 1 amide bonds. The molecule has 0 spiro atoms. The second-order valence-corrected chi connectivity index (χ2v) is 5.53. The first kappa shape index (κ1) is 21.0. The lowest BCUT2D eigenvalue weighted by atomic mass is 10.1. The predicted molar refractivity (Wildman–Crippen MR) is 105 cm³/mol. The fourth-order valence-corrected chi connectivity index (χ4v) is 2.49. The van der Waals surface area contributed by atoms with E-state index in [0.717, 1.165) is 23.5 Å². The maximum absolute atomic E-state index is 11.8. The van der Waals surface area contributed by atoms with Gasteiger partial charge >= 0.3 is 0 Å². The first-order valence-corrected chi connectivity index (χ1v) is 8.09. The average molecular weight is 364 g/mol. The molecule has 1 unspecified atom stereocenters. The first-order valence-electron chi connectivity index (χ1n) is 8.09. The summed E-state index contributed by atoms with van der Waals surface area (Å²) in [5, 5.41) is 2.82. The van der Waals surface area contributed by atoms with Crippen LogP contribution in [-0.4, -0.2) is 32.2 Å². The molecule has 0 aliphatic heterocycles. The van der Waals surface area contributed by atoms with Gasteiger partial charge in [-0.1, -0.05) is 30.3 Å². The van der Waals surface area contributed by atoms with Crippen LogP contribution >= 0.6 is 12.4 Å². The molecule has 1 atom stereocenters. The Bertz CT molecular complexity index is 635. The number of halogens is 1. The number of benzene rings is 2. The predicted octanol–water partition coefficient (Wildman–Crippen LogP) is 2.86. The Morgan fingerprint density at radius 2 is 1.72 bits per heavy atom. The van der Waals surface area contributed by atoms with Crippen LogP contribution < -0.4 is 16.0 Å². The third-order valence-electron chi connectivity index (χ3n) is 3.78. The van der Waals surface area contributed by atoms with Gasteiger partial charge in [0.05, 0.1) is 6.61 Å². The minimum Gasteiger partial charge on any atom is -0.383 e. The molecule has 0 saturated heterocycles. The van der Waals surface area contributed by atoms with Crippen LogP contribution in [0.1, 0.15) is 12.5 Å². The Labute approximate surface area is 155 Å². The molecule has 0 fully saturated rings. The molecule has 2 aromatic carbocycles. The highest BCUT2D eigenvalue weighted by atomic mass is 35.5. The van der Waals surface area contributed by atoms with E-state index in [4.69, 9.17) is 10.5 Å². The monoisotopic (exact) mass is 363 g/mol. The Kier molecular flexibility index (Phi) is 8.99. The number of carbonyl (C=O) groups excluding carboxylic acids is 1. The number of para-hydroxylation sites is 1. The molecule has 5 nitrogen and oxygen atoms in total. The zero-order valence-corrected chi connectivity index (χ0v) is 15.5. The number of hydrogen-bond acceptors (Lipinski definition) is 4. The molecule has 0 aliphatic rings. The minimum absolute atomic E-state index is 0. The Hall–Kier alpha value is -2.08. The van der Waals surface area contributed by atoms with Gasteiger partial charge in [-0.2, -0.15) is 0 Å². The van der Waals surface area contributed by atoms with E-state index in [-0.39, 0.29) is 24.9 Å². The van der Waals surface area contributed by atoms with Crippen LogP contribution in [0.25, 0.3) is 0 Å². The highest BCUT2D eigenvalue weighted by molar-refractivity contribution is 5.85. The van der Waals surface area contributed by atoms with Crippen molar-refractivity contribution in [3.05, 3.63) is 60.2 Å². The molecule has 2 rings (SSSR count). The Morgan fingerprint density at radius 1 is 1.12 bits per heavy atom. The second kappa shape index (κ2) is 10.7. The number of ether oxygens (including phenoxy) is 1. The fraction of sp³-hybridized carbons (Fsp3) is 0.316. The molecule has 0 bridgehead atoms. The van der Waals surface area contributed by atoms with Crippen molar-refractivity contribution in [2.24, 2.45) is 5.73 Å². The van der Waals surface area contributed by atoms with Crippen LogP contribution in [0.5, 0.6) is 0 Å². The van der Waals surface area contributed by atoms with E-state index < -0.39 is 6.04 Å². The Morgan fingerprint density at radius 3 is 2.28 bits per heavy atom. The molecular weight excluding hydrogens is 338 g/mol. The number of nitrogens with zero attached hydrogens (tertiary/aromatic N) is 1. The van der Waals surface area contributed by atoms with Crippen molar-refractivity contribution in [3.63, 3.8) is 0 Å². The summed E-state index contributed by atoms with van der Waals surface area (Å²) in [7, 11) is 1.53. The van der Waals surface area contributed by atoms with Crippen molar-refractivity contribution >= 4 is 29.7 Å². The third kappa shape index (κ3) is 6.05. The van der Waals surface area contributed by atoms with Crippen molar-refractivity contribution in [1.29, 1.82) is 0 Å². The van der Waals surface area contributed by atoms with Gasteiger partial charge in [-0.25, -0.2) is 0 Å². The number of nitrogens with one attached hydrogen (secondary N) is 1. The molecule has 0 aliphatic carbocycles. The summed E-state index contributed by atoms with van der Waals surface area (Å²) < 4.78 is 4.88. The molecular formula is C19H26ClN3O2. The van der Waals surface area contributed by atoms with Crippen molar-refractivity contribution in [3.8, 4) is 0 Å². The van der Waals surface area contributed by atoms with Crippen molar-refractivity contribution < 1.29 is 9.53 Å². The molecule has 2 aromatic rings. The van der Waals surface area contributed by atoms with Crippen LogP contribution in [0.3, 0.4) is 0 Å². The molecule has 0 heterocycles. The van der Waals surface area contributed by atoms with Gasteiger partial charge < -0.3 is 20.7 Å². The number of amides is 1. The molecule has 3 N–H and O–H groups in total. The van der Waals surface area contributed by atoms with Crippen molar-refractivity contribution in [2.45, 2.75) is 19.5 Å². The van der Waals surface area contributed by atoms with Gasteiger partial charge in [0, 0.05) is 31.6 Å². The summed E-state index contributed by atoms with van der Waals surface area (Å²) >= 11 is 0. The van der Waals surface area contributed by atoms with Gasteiger partial charge in [-0.05, 0) is 36.8 Å². The van der Waals surface area contributed by atoms with Gasteiger partial charge in [0.1, 0.15) is 6.04 Å². The lowest BCUT2D eigenvalue weighted by Crippen LogP contribution is -2.43. The number of methoxy groups -OCH3 is 1. The minimum atomic E-state index is -0.636. The second-order valence-electron chi connectivity index (χ2n) is 5.53. The molecule has 0 saturated carbocycles. The molecule has 136 valence electrons. The first-order chi connectivity index (χ1) is 11.7. The van der Waals surface area contributed by atoms with Crippen LogP contribution in [0.15, 0.2) is 54.6 Å². The quantitative estimate of drug-likeness (QED) is 0.756. The van der Waals surface area contributed by atoms with Crippen LogP contribution in [0.2, 0.25) is 0 Å². The maximum Gasteiger partial charge on any atom is 0.239 e. The lowest BCUT2D eigenvalue weighted by Gasteiger charge is -2.23. The molecule has 6 heteroatoms. The lowest BCUT2D eigenvalue weighted by molar-refractivity contribution is -0.123. The van der Waals surface area contributed by atoms with Gasteiger partial charge in [0.15, 0.2) is 0 Å². The standard InChI is InChI=1S/C19H25N3O2.ClH/c1-3-22(16-7-5-4-6-8-16)17-11-9-15(10-12-17)13-21-19(23)18(20)14-24-2;/h4-12,18H,3,13-14,20H2,1-2H3,(H,21,23);1H.